The van der Waals surface area contributed by atoms with Crippen molar-refractivity contribution in [3.05, 3.63) is 95.8 Å². The van der Waals surface area contributed by atoms with Crippen LogP contribution in [-0.4, -0.2) is 21.7 Å². The highest BCUT2D eigenvalue weighted by atomic mass is 16.1. The van der Waals surface area contributed by atoms with Crippen molar-refractivity contribution in [2.75, 3.05) is 4.90 Å². The van der Waals surface area contributed by atoms with Gasteiger partial charge in [-0.05, 0) is 23.3 Å². The highest BCUT2D eigenvalue weighted by Crippen LogP contribution is 2.26. The molecule has 5 nitrogen and oxygen atoms in total. The number of fused-ring (bicyclic) bond motifs is 1. The van der Waals surface area contributed by atoms with E-state index in [4.69, 9.17) is 0 Å². The first-order valence-electron chi connectivity index (χ1n) is 8.30. The molecule has 0 unspecified atom stereocenters. The molecule has 0 saturated carbocycles. The lowest BCUT2D eigenvalue weighted by Gasteiger charge is -2.15. The molecule has 0 bridgehead atoms. The van der Waals surface area contributed by atoms with Crippen LogP contribution in [0, 0.1) is 0 Å². The summed E-state index contributed by atoms with van der Waals surface area (Å²) in [6.45, 7) is 0.592. The summed E-state index contributed by atoms with van der Waals surface area (Å²) in [5.74, 6) is 0.790. The smallest absolute Gasteiger partial charge is 0.271 e. The summed E-state index contributed by atoms with van der Waals surface area (Å²) < 4.78 is 0. The second-order valence-electron chi connectivity index (χ2n) is 5.81. The van der Waals surface area contributed by atoms with Gasteiger partial charge in [0.05, 0.1) is 6.54 Å². The van der Waals surface area contributed by atoms with Gasteiger partial charge in [-0.2, -0.15) is 4.99 Å². The van der Waals surface area contributed by atoms with Crippen molar-refractivity contribution in [2.45, 2.75) is 6.54 Å². The monoisotopic (exact) mass is 340 g/mol. The Labute approximate surface area is 151 Å². The summed E-state index contributed by atoms with van der Waals surface area (Å²) in [7, 11) is 0. The maximum Gasteiger partial charge on any atom is 0.271 e. The number of amides is 1. The second kappa shape index (κ2) is 7.11. The molecule has 1 aliphatic heterocycles. The molecule has 1 aromatic heterocycles. The predicted molar refractivity (Wildman–Crippen MR) is 102 cm³/mol. The first-order chi connectivity index (χ1) is 12.8. The third-order valence-electron chi connectivity index (χ3n) is 4.07. The third-order valence-corrected chi connectivity index (χ3v) is 4.07. The molecule has 0 aliphatic carbocycles. The van der Waals surface area contributed by atoms with E-state index in [1.807, 2.05) is 59.5 Å². The van der Waals surface area contributed by atoms with Crippen molar-refractivity contribution < 1.29 is 4.79 Å². The number of hydrogen-bond donors (Lipinski definition) is 0. The largest absolute Gasteiger partial charge is 0.290 e. The van der Waals surface area contributed by atoms with Crippen LogP contribution in [-0.2, 0) is 11.3 Å². The SMILES string of the molecule is O=C(/C=C/c1ccccc1)N=C1c2ccccc2CN1c1ncccn1. The molecule has 5 heteroatoms. The van der Waals surface area contributed by atoms with Gasteiger partial charge in [0.15, 0.2) is 0 Å². The topological polar surface area (TPSA) is 58.5 Å². The fourth-order valence-electron chi connectivity index (χ4n) is 2.86. The summed E-state index contributed by atoms with van der Waals surface area (Å²) in [6.07, 6.45) is 6.60. The number of anilines is 1. The molecule has 2 aromatic carbocycles. The molecular weight excluding hydrogens is 324 g/mol. The molecule has 1 aliphatic rings. The maximum absolute atomic E-state index is 12.4. The van der Waals surface area contributed by atoms with Gasteiger partial charge in [-0.25, -0.2) is 9.97 Å². The lowest BCUT2D eigenvalue weighted by molar-refractivity contribution is -0.113. The summed E-state index contributed by atoms with van der Waals surface area (Å²) in [4.78, 5) is 27.2. The lowest BCUT2D eigenvalue weighted by atomic mass is 10.1. The highest BCUT2D eigenvalue weighted by molar-refractivity contribution is 6.17. The quantitative estimate of drug-likeness (QED) is 0.685. The minimum Gasteiger partial charge on any atom is -0.290 e. The lowest BCUT2D eigenvalue weighted by Crippen LogP contribution is -2.27. The first-order valence-corrected chi connectivity index (χ1v) is 8.30. The second-order valence-corrected chi connectivity index (χ2v) is 5.81. The van der Waals surface area contributed by atoms with Crippen LogP contribution in [0.25, 0.3) is 6.08 Å². The number of carbonyl (C=O) groups is 1. The van der Waals surface area contributed by atoms with Crippen molar-refractivity contribution in [3.8, 4) is 0 Å². The number of aliphatic imine (C=N–C) groups is 1. The number of rotatable bonds is 3. The van der Waals surface area contributed by atoms with Crippen LogP contribution in [0.3, 0.4) is 0 Å². The standard InChI is InChI=1S/C21H16N4O/c26-19(12-11-16-7-2-1-3-8-16)24-20-18-10-5-4-9-17(18)15-25(20)21-22-13-6-14-23-21/h1-14H,15H2/b12-11+,24-20?. The van der Waals surface area contributed by atoms with Crippen LogP contribution in [0.4, 0.5) is 5.95 Å². The Kier molecular flexibility index (Phi) is 4.35. The van der Waals surface area contributed by atoms with Crippen LogP contribution in [0.2, 0.25) is 0 Å². The van der Waals surface area contributed by atoms with Gasteiger partial charge >= 0.3 is 0 Å². The van der Waals surface area contributed by atoms with E-state index in [1.54, 1.807) is 24.5 Å². The van der Waals surface area contributed by atoms with Crippen LogP contribution in [0.15, 0.2) is 84.1 Å². The normalized spacial score (nSPS) is 14.8. The fourth-order valence-corrected chi connectivity index (χ4v) is 2.86. The van der Waals surface area contributed by atoms with Crippen molar-refractivity contribution in [2.24, 2.45) is 4.99 Å². The maximum atomic E-state index is 12.4. The zero-order valence-corrected chi connectivity index (χ0v) is 14.0. The minimum atomic E-state index is -0.318. The number of carbonyl (C=O) groups excluding carboxylic acids is 1. The molecule has 0 saturated heterocycles. The van der Waals surface area contributed by atoms with Gasteiger partial charge in [-0.15, -0.1) is 0 Å². The van der Waals surface area contributed by atoms with Gasteiger partial charge < -0.3 is 0 Å². The predicted octanol–water partition coefficient (Wildman–Crippen LogP) is 3.48. The van der Waals surface area contributed by atoms with Crippen molar-refractivity contribution in [1.29, 1.82) is 0 Å². The van der Waals surface area contributed by atoms with E-state index in [2.05, 4.69) is 15.0 Å². The van der Waals surface area contributed by atoms with Gasteiger partial charge in [0, 0.05) is 24.0 Å². The number of amidine groups is 1. The van der Waals surface area contributed by atoms with E-state index < -0.39 is 0 Å². The molecular formula is C21H16N4O. The molecule has 1 amide bonds. The Hall–Kier alpha value is -3.60. The zero-order valence-electron chi connectivity index (χ0n) is 14.0. The molecule has 0 spiro atoms. The van der Waals surface area contributed by atoms with Crippen molar-refractivity contribution in [1.82, 2.24) is 9.97 Å². The van der Waals surface area contributed by atoms with Crippen LogP contribution in [0.5, 0.6) is 0 Å². The van der Waals surface area contributed by atoms with Gasteiger partial charge in [0.1, 0.15) is 5.84 Å². The van der Waals surface area contributed by atoms with Gasteiger partial charge in [0.2, 0.25) is 5.95 Å². The van der Waals surface area contributed by atoms with E-state index in [9.17, 15) is 4.79 Å². The summed E-state index contributed by atoms with van der Waals surface area (Å²) >= 11 is 0. The molecule has 126 valence electrons. The Morgan fingerprint density at radius 1 is 0.962 bits per heavy atom. The molecule has 0 atom stereocenters. The molecule has 0 radical (unpaired) electrons. The average Bonchev–Trinajstić information content (AvgIpc) is 3.06. The van der Waals surface area contributed by atoms with Gasteiger partial charge in [-0.3, -0.25) is 9.69 Å². The van der Waals surface area contributed by atoms with Crippen LogP contribution < -0.4 is 4.90 Å². The molecule has 2 heterocycles. The minimum absolute atomic E-state index is 0.318. The first kappa shape index (κ1) is 15.9. The zero-order chi connectivity index (χ0) is 17.8. The number of hydrogen-bond acceptors (Lipinski definition) is 3. The molecule has 3 aromatic rings. The Morgan fingerprint density at radius 2 is 1.69 bits per heavy atom. The van der Waals surface area contributed by atoms with Crippen LogP contribution >= 0.6 is 0 Å². The van der Waals surface area contributed by atoms with E-state index in [-0.39, 0.29) is 5.91 Å². The fraction of sp³-hybridized carbons (Fsp3) is 0.0476. The number of aromatic nitrogens is 2. The van der Waals surface area contributed by atoms with Crippen LogP contribution in [0.1, 0.15) is 16.7 Å². The van der Waals surface area contributed by atoms with E-state index >= 15 is 0 Å². The average molecular weight is 340 g/mol. The van der Waals surface area contributed by atoms with Gasteiger partial charge in [0.25, 0.3) is 5.91 Å². The summed E-state index contributed by atoms with van der Waals surface area (Å²) in [6, 6.07) is 19.3. The third kappa shape index (κ3) is 3.28. The van der Waals surface area contributed by atoms with E-state index in [1.165, 1.54) is 6.08 Å². The summed E-state index contributed by atoms with van der Waals surface area (Å²) in [5.41, 5.74) is 2.98. The Balaban J connectivity index is 1.67. The van der Waals surface area contributed by atoms with Crippen molar-refractivity contribution in [3.63, 3.8) is 0 Å². The Morgan fingerprint density at radius 3 is 2.50 bits per heavy atom. The molecule has 4 rings (SSSR count). The van der Waals surface area contributed by atoms with Gasteiger partial charge in [-0.1, -0.05) is 54.6 Å². The highest BCUT2D eigenvalue weighted by Gasteiger charge is 2.28. The molecule has 0 N–H and O–H groups in total. The summed E-state index contributed by atoms with van der Waals surface area (Å²) in [5, 5.41) is 0. The number of nitrogens with zero attached hydrogens (tertiary/aromatic N) is 4. The molecule has 0 fully saturated rings. The molecule has 26 heavy (non-hydrogen) atoms. The van der Waals surface area contributed by atoms with E-state index in [0.717, 1.165) is 16.7 Å². The van der Waals surface area contributed by atoms with E-state index in [0.29, 0.717) is 18.3 Å². The van der Waals surface area contributed by atoms with Crippen molar-refractivity contribution >= 4 is 23.8 Å². The number of benzene rings is 2. The Bertz CT molecular complexity index is 981.